The summed E-state index contributed by atoms with van der Waals surface area (Å²) in [5.41, 5.74) is 3.68. The molecule has 5 nitrogen and oxygen atoms in total. The summed E-state index contributed by atoms with van der Waals surface area (Å²) in [5.74, 6) is 0. The van der Waals surface area contributed by atoms with E-state index in [0.717, 1.165) is 32.7 Å². The van der Waals surface area contributed by atoms with Crippen LogP contribution in [0.3, 0.4) is 0 Å². The monoisotopic (exact) mass is 329 g/mol. The van der Waals surface area contributed by atoms with Gasteiger partial charge in [0, 0.05) is 17.1 Å². The molecule has 0 spiro atoms. The van der Waals surface area contributed by atoms with Gasteiger partial charge in [0.15, 0.2) is 5.00 Å². The maximum Gasteiger partial charge on any atom is 0.168 e. The number of para-hydroxylation sites is 1. The van der Waals surface area contributed by atoms with E-state index in [9.17, 15) is 0 Å². The van der Waals surface area contributed by atoms with Gasteiger partial charge in [-0.15, -0.1) is 10.2 Å². The number of nitrogens with zero attached hydrogens (tertiary/aromatic N) is 5. The Labute approximate surface area is 141 Å². The third-order valence-corrected chi connectivity index (χ3v) is 4.76. The Morgan fingerprint density at radius 3 is 2.62 bits per heavy atom. The summed E-state index contributed by atoms with van der Waals surface area (Å²) < 4.78 is 5.99. The van der Waals surface area contributed by atoms with Crippen molar-refractivity contribution in [2.45, 2.75) is 0 Å². The molecule has 5 aromatic rings. The van der Waals surface area contributed by atoms with Crippen LogP contribution in [-0.4, -0.2) is 24.6 Å². The standard InChI is InChI=1S/C18H11N5S/c1-2-8-13-12(6-1)7-5-9-14(13)17-18(24-22-20-17)23-16-11-4-3-10-15(16)19-21-23/h1-11H. The van der Waals surface area contributed by atoms with Gasteiger partial charge >= 0.3 is 0 Å². The average molecular weight is 329 g/mol. The summed E-state index contributed by atoms with van der Waals surface area (Å²) in [7, 11) is 0. The summed E-state index contributed by atoms with van der Waals surface area (Å²) in [6.45, 7) is 0. The normalized spacial score (nSPS) is 11.3. The van der Waals surface area contributed by atoms with Crippen molar-refractivity contribution in [2.24, 2.45) is 0 Å². The quantitative estimate of drug-likeness (QED) is 0.489. The molecule has 0 aliphatic carbocycles. The first kappa shape index (κ1) is 13.3. The molecule has 0 atom stereocenters. The predicted octanol–water partition coefficient (Wildman–Crippen LogP) is 4.09. The lowest BCUT2D eigenvalue weighted by molar-refractivity contribution is 0.835. The van der Waals surface area contributed by atoms with E-state index in [0.29, 0.717) is 0 Å². The lowest BCUT2D eigenvalue weighted by atomic mass is 10.0. The minimum atomic E-state index is 0.826. The Kier molecular flexibility index (Phi) is 2.89. The Bertz CT molecular complexity index is 1170. The van der Waals surface area contributed by atoms with Crippen LogP contribution < -0.4 is 0 Å². The Hall–Kier alpha value is -3.12. The molecule has 5 rings (SSSR count). The van der Waals surface area contributed by atoms with Gasteiger partial charge in [-0.05, 0) is 22.9 Å². The highest BCUT2D eigenvalue weighted by atomic mass is 32.1. The highest BCUT2D eigenvalue weighted by molar-refractivity contribution is 7.08. The molecule has 2 aromatic heterocycles. The van der Waals surface area contributed by atoms with E-state index in [-0.39, 0.29) is 0 Å². The van der Waals surface area contributed by atoms with Crippen molar-refractivity contribution >= 4 is 33.3 Å². The van der Waals surface area contributed by atoms with E-state index < -0.39 is 0 Å². The maximum absolute atomic E-state index is 4.38. The number of aromatic nitrogens is 5. The van der Waals surface area contributed by atoms with Gasteiger partial charge in [-0.25, -0.2) is 0 Å². The molecule has 0 N–H and O–H groups in total. The predicted molar refractivity (Wildman–Crippen MR) is 95.3 cm³/mol. The highest BCUT2D eigenvalue weighted by Crippen LogP contribution is 2.33. The number of hydrogen-bond donors (Lipinski definition) is 0. The third kappa shape index (κ3) is 1.93. The number of hydrogen-bond acceptors (Lipinski definition) is 5. The minimum absolute atomic E-state index is 0.826. The summed E-state index contributed by atoms with van der Waals surface area (Å²) in [6, 6.07) is 22.4. The van der Waals surface area contributed by atoms with Crippen molar-refractivity contribution in [3.63, 3.8) is 0 Å². The van der Waals surface area contributed by atoms with Crippen LogP contribution in [0.4, 0.5) is 0 Å². The Balaban J connectivity index is 1.79. The molecule has 0 radical (unpaired) electrons. The molecule has 114 valence electrons. The van der Waals surface area contributed by atoms with Crippen LogP contribution in [0.2, 0.25) is 0 Å². The van der Waals surface area contributed by atoms with Crippen molar-refractivity contribution in [1.29, 1.82) is 0 Å². The van der Waals surface area contributed by atoms with E-state index in [4.69, 9.17) is 0 Å². The van der Waals surface area contributed by atoms with E-state index in [1.807, 2.05) is 47.1 Å². The molecule has 0 saturated carbocycles. The minimum Gasteiger partial charge on any atom is -0.199 e. The van der Waals surface area contributed by atoms with Crippen LogP contribution in [0.1, 0.15) is 0 Å². The molecule has 0 amide bonds. The van der Waals surface area contributed by atoms with Crippen LogP contribution in [-0.2, 0) is 0 Å². The van der Waals surface area contributed by atoms with E-state index in [1.165, 1.54) is 16.9 Å². The number of fused-ring (bicyclic) bond motifs is 2. The second-order valence-electron chi connectivity index (χ2n) is 5.44. The smallest absolute Gasteiger partial charge is 0.168 e. The Morgan fingerprint density at radius 1 is 0.792 bits per heavy atom. The molecule has 0 aliphatic heterocycles. The second-order valence-corrected chi connectivity index (χ2v) is 6.18. The van der Waals surface area contributed by atoms with Gasteiger partial charge in [0.2, 0.25) is 0 Å². The molecule has 0 bridgehead atoms. The lowest BCUT2D eigenvalue weighted by Crippen LogP contribution is -1.96. The van der Waals surface area contributed by atoms with Crippen LogP contribution in [0.25, 0.3) is 38.1 Å². The summed E-state index contributed by atoms with van der Waals surface area (Å²) in [6.07, 6.45) is 0. The molecule has 0 aliphatic rings. The summed E-state index contributed by atoms with van der Waals surface area (Å²) in [5, 5.41) is 16.1. The number of rotatable bonds is 2. The third-order valence-electron chi connectivity index (χ3n) is 4.06. The van der Waals surface area contributed by atoms with Crippen molar-refractivity contribution in [2.75, 3.05) is 0 Å². The van der Waals surface area contributed by atoms with Gasteiger partial charge in [-0.1, -0.05) is 64.3 Å². The molecule has 2 heterocycles. The van der Waals surface area contributed by atoms with Gasteiger partial charge in [0.05, 0.1) is 5.52 Å². The Morgan fingerprint density at radius 2 is 1.62 bits per heavy atom. The van der Waals surface area contributed by atoms with Gasteiger partial charge < -0.3 is 0 Å². The van der Waals surface area contributed by atoms with Crippen LogP contribution in [0.15, 0.2) is 66.7 Å². The van der Waals surface area contributed by atoms with Crippen LogP contribution in [0.5, 0.6) is 0 Å². The van der Waals surface area contributed by atoms with E-state index in [1.54, 1.807) is 0 Å². The first-order valence-corrected chi connectivity index (χ1v) is 8.30. The van der Waals surface area contributed by atoms with Gasteiger partial charge in [-0.3, -0.25) is 0 Å². The summed E-state index contributed by atoms with van der Waals surface area (Å²) in [4.78, 5) is 0. The SMILES string of the molecule is c1ccc2c(-c3nnsc3-n3nnc4ccccc43)cccc2c1. The van der Waals surface area contributed by atoms with Crippen molar-refractivity contribution < 1.29 is 0 Å². The van der Waals surface area contributed by atoms with Crippen molar-refractivity contribution in [3.8, 4) is 16.3 Å². The molecule has 6 heteroatoms. The molecular formula is C18H11N5S. The van der Waals surface area contributed by atoms with E-state index >= 15 is 0 Å². The van der Waals surface area contributed by atoms with Crippen molar-refractivity contribution in [3.05, 3.63) is 66.7 Å². The molecular weight excluding hydrogens is 318 g/mol. The first-order chi connectivity index (χ1) is 11.9. The average Bonchev–Trinajstić information content (AvgIpc) is 3.27. The van der Waals surface area contributed by atoms with Crippen LogP contribution in [0, 0.1) is 0 Å². The lowest BCUT2D eigenvalue weighted by Gasteiger charge is -2.06. The van der Waals surface area contributed by atoms with Gasteiger partial charge in [0.25, 0.3) is 0 Å². The topological polar surface area (TPSA) is 56.5 Å². The molecule has 24 heavy (non-hydrogen) atoms. The zero-order chi connectivity index (χ0) is 15.9. The molecule has 0 fully saturated rings. The zero-order valence-corrected chi connectivity index (χ0v) is 13.3. The fourth-order valence-electron chi connectivity index (χ4n) is 2.94. The maximum atomic E-state index is 4.38. The second kappa shape index (κ2) is 5.21. The zero-order valence-electron chi connectivity index (χ0n) is 12.5. The number of benzene rings is 3. The van der Waals surface area contributed by atoms with Crippen LogP contribution >= 0.6 is 11.5 Å². The largest absolute Gasteiger partial charge is 0.199 e. The molecule has 3 aromatic carbocycles. The van der Waals surface area contributed by atoms with Gasteiger partial charge in [-0.2, -0.15) is 4.68 Å². The van der Waals surface area contributed by atoms with Crippen molar-refractivity contribution in [1.82, 2.24) is 24.6 Å². The molecule has 0 unspecified atom stereocenters. The van der Waals surface area contributed by atoms with E-state index in [2.05, 4.69) is 44.2 Å². The summed E-state index contributed by atoms with van der Waals surface area (Å²) >= 11 is 1.32. The fraction of sp³-hybridized carbons (Fsp3) is 0. The van der Waals surface area contributed by atoms with Gasteiger partial charge in [0.1, 0.15) is 11.2 Å². The highest BCUT2D eigenvalue weighted by Gasteiger charge is 2.17. The molecule has 0 saturated heterocycles. The first-order valence-electron chi connectivity index (χ1n) is 7.53. The fourth-order valence-corrected chi connectivity index (χ4v) is 3.59.